The summed E-state index contributed by atoms with van der Waals surface area (Å²) in [6.07, 6.45) is 6.67. The highest BCUT2D eigenvalue weighted by atomic mass is 16.3. The van der Waals surface area contributed by atoms with Gasteiger partial charge in [0.2, 0.25) is 5.91 Å². The number of amides is 2. The number of hydrogen-bond acceptors (Lipinski definition) is 5. The van der Waals surface area contributed by atoms with Gasteiger partial charge in [-0.1, -0.05) is 63.2 Å². The second-order valence-corrected chi connectivity index (χ2v) is 10.9. The number of aromatic amines is 1. The normalized spacial score (nSPS) is 17.6. The third-order valence-electron chi connectivity index (χ3n) is 7.24. The van der Waals surface area contributed by atoms with Gasteiger partial charge in [0.05, 0.1) is 18.5 Å². The van der Waals surface area contributed by atoms with Crippen LogP contribution in [0.15, 0.2) is 85.6 Å². The number of aromatic nitrogens is 3. The molecule has 200 valence electrons. The fraction of sp³-hybridized carbons (Fsp3) is 0.290. The number of anilines is 1. The van der Waals surface area contributed by atoms with Gasteiger partial charge < -0.3 is 15.4 Å². The average molecular weight is 524 g/mol. The largest absolute Gasteiger partial charge is 0.391 e. The number of aliphatic hydroxyl groups excluding tert-OH is 1. The lowest BCUT2D eigenvalue weighted by Crippen LogP contribution is -2.47. The maximum atomic E-state index is 14.2. The van der Waals surface area contributed by atoms with Crippen LogP contribution < -0.4 is 10.2 Å². The molecule has 1 unspecified atom stereocenters. The molecule has 0 saturated carbocycles. The van der Waals surface area contributed by atoms with Gasteiger partial charge >= 0.3 is 0 Å². The van der Waals surface area contributed by atoms with Crippen LogP contribution in [0.25, 0.3) is 0 Å². The van der Waals surface area contributed by atoms with E-state index in [1.54, 1.807) is 24.5 Å². The molecule has 8 nitrogen and oxygen atoms in total. The van der Waals surface area contributed by atoms with Crippen LogP contribution in [0.1, 0.15) is 72.0 Å². The van der Waals surface area contributed by atoms with Crippen molar-refractivity contribution in [2.45, 2.75) is 57.2 Å². The standard InChI is InChI=1S/C31H33N5O3/c1-31(2,3)22-11-13-23(14-12-22)36(30(39)25-18-33-19-34-25)28(21-8-6-16-32-17-21)29(38)35-27-24-9-5-4-7-20(24)10-15-26(27)37/h4-9,11-14,16-19,26-28,37H,10,15H2,1-3H3,(H,33,34)(H,35,38)/t26-,27+,28?/m0/s1. The highest BCUT2D eigenvalue weighted by Gasteiger charge is 2.38. The monoisotopic (exact) mass is 523 g/mol. The zero-order valence-corrected chi connectivity index (χ0v) is 22.3. The molecule has 1 aliphatic rings. The first-order valence-corrected chi connectivity index (χ1v) is 13.1. The van der Waals surface area contributed by atoms with Crippen molar-refractivity contribution < 1.29 is 14.7 Å². The number of hydrogen-bond donors (Lipinski definition) is 3. The number of carbonyl (C=O) groups excluding carboxylic acids is 2. The molecule has 0 aliphatic heterocycles. The lowest BCUT2D eigenvalue weighted by atomic mass is 9.85. The summed E-state index contributed by atoms with van der Waals surface area (Å²) in [5.41, 5.74) is 4.26. The molecular formula is C31H33N5O3. The third-order valence-corrected chi connectivity index (χ3v) is 7.24. The number of imidazole rings is 1. The van der Waals surface area contributed by atoms with E-state index >= 15 is 0 Å². The first-order chi connectivity index (χ1) is 18.7. The van der Waals surface area contributed by atoms with E-state index in [-0.39, 0.29) is 11.1 Å². The molecule has 3 N–H and O–H groups in total. The minimum Gasteiger partial charge on any atom is -0.391 e. The smallest absolute Gasteiger partial charge is 0.279 e. The molecule has 8 heteroatoms. The summed E-state index contributed by atoms with van der Waals surface area (Å²) in [7, 11) is 0. The number of aliphatic hydroxyl groups is 1. The summed E-state index contributed by atoms with van der Waals surface area (Å²) in [6.45, 7) is 6.36. The van der Waals surface area contributed by atoms with Crippen molar-refractivity contribution in [2.24, 2.45) is 0 Å². The SMILES string of the molecule is CC(C)(C)c1ccc(N(C(=O)c2c[nH]cn2)C(C(=O)N[C@@H]2c3ccccc3CC[C@@H]2O)c2cccnc2)cc1. The number of carbonyl (C=O) groups is 2. The van der Waals surface area contributed by atoms with Crippen LogP contribution in [0.3, 0.4) is 0 Å². The van der Waals surface area contributed by atoms with Crippen LogP contribution in [0.4, 0.5) is 5.69 Å². The zero-order chi connectivity index (χ0) is 27.6. The van der Waals surface area contributed by atoms with E-state index in [1.807, 2.05) is 48.5 Å². The molecule has 2 aromatic heterocycles. The predicted octanol–water partition coefficient (Wildman–Crippen LogP) is 4.65. The van der Waals surface area contributed by atoms with Gasteiger partial charge in [-0.2, -0.15) is 0 Å². The zero-order valence-electron chi connectivity index (χ0n) is 22.3. The number of nitrogens with zero attached hydrogens (tertiary/aromatic N) is 3. The summed E-state index contributed by atoms with van der Waals surface area (Å²) in [5, 5.41) is 14.0. The molecule has 4 aromatic rings. The van der Waals surface area contributed by atoms with Gasteiger partial charge in [0.15, 0.2) is 0 Å². The van der Waals surface area contributed by atoms with Crippen molar-refractivity contribution in [1.82, 2.24) is 20.3 Å². The minimum absolute atomic E-state index is 0.0831. The number of rotatable bonds is 6. The van der Waals surface area contributed by atoms with E-state index in [9.17, 15) is 14.7 Å². The Morgan fingerprint density at radius 1 is 1.08 bits per heavy atom. The number of aryl methyl sites for hydroxylation is 1. The molecule has 1 aliphatic carbocycles. The fourth-order valence-corrected chi connectivity index (χ4v) is 5.11. The highest BCUT2D eigenvalue weighted by Crippen LogP contribution is 2.34. The first kappa shape index (κ1) is 26.3. The maximum Gasteiger partial charge on any atom is 0.279 e. The molecular weight excluding hydrogens is 490 g/mol. The van der Waals surface area contributed by atoms with Crippen LogP contribution in [0.5, 0.6) is 0 Å². The molecule has 0 radical (unpaired) electrons. The number of benzene rings is 2. The van der Waals surface area contributed by atoms with Crippen LogP contribution in [0, 0.1) is 0 Å². The van der Waals surface area contributed by atoms with E-state index < -0.39 is 30.0 Å². The van der Waals surface area contributed by atoms with E-state index in [1.165, 1.54) is 17.4 Å². The highest BCUT2D eigenvalue weighted by molar-refractivity contribution is 6.09. The molecule has 2 aromatic carbocycles. The Hall–Kier alpha value is -4.30. The molecule has 0 fully saturated rings. The molecule has 39 heavy (non-hydrogen) atoms. The van der Waals surface area contributed by atoms with Crippen LogP contribution in [-0.2, 0) is 16.6 Å². The Kier molecular flexibility index (Phi) is 7.30. The van der Waals surface area contributed by atoms with Gasteiger partial charge in [0.1, 0.15) is 11.7 Å². The average Bonchev–Trinajstić information content (AvgIpc) is 3.48. The van der Waals surface area contributed by atoms with Gasteiger partial charge in [-0.15, -0.1) is 0 Å². The summed E-state index contributed by atoms with van der Waals surface area (Å²) < 4.78 is 0. The van der Waals surface area contributed by atoms with Gasteiger partial charge in [-0.25, -0.2) is 4.98 Å². The summed E-state index contributed by atoms with van der Waals surface area (Å²) in [4.78, 5) is 40.9. The van der Waals surface area contributed by atoms with E-state index in [0.717, 1.165) is 23.1 Å². The van der Waals surface area contributed by atoms with Crippen LogP contribution in [-0.4, -0.2) is 38.0 Å². The predicted molar refractivity (Wildman–Crippen MR) is 149 cm³/mol. The van der Waals surface area contributed by atoms with Crippen LogP contribution >= 0.6 is 0 Å². The maximum absolute atomic E-state index is 14.2. The molecule has 0 spiro atoms. The Labute approximate surface area is 228 Å². The van der Waals surface area contributed by atoms with Crippen molar-refractivity contribution in [3.05, 3.63) is 114 Å². The summed E-state index contributed by atoms with van der Waals surface area (Å²) in [5.74, 6) is -0.860. The van der Waals surface area contributed by atoms with Gasteiger partial charge in [0.25, 0.3) is 5.91 Å². The Bertz CT molecular complexity index is 1430. The minimum atomic E-state index is -1.07. The quantitative estimate of drug-likeness (QED) is 0.341. The lowest BCUT2D eigenvalue weighted by molar-refractivity contribution is -0.124. The summed E-state index contributed by atoms with van der Waals surface area (Å²) >= 11 is 0. The van der Waals surface area contributed by atoms with Crippen molar-refractivity contribution in [2.75, 3.05) is 4.90 Å². The van der Waals surface area contributed by atoms with E-state index in [0.29, 0.717) is 17.7 Å². The number of pyridine rings is 1. The number of H-pyrrole nitrogens is 1. The van der Waals surface area contributed by atoms with Crippen molar-refractivity contribution >= 4 is 17.5 Å². The summed E-state index contributed by atoms with van der Waals surface area (Å²) in [6, 6.07) is 17.3. The van der Waals surface area contributed by atoms with Gasteiger partial charge in [-0.05, 0) is 53.1 Å². The molecule has 0 bridgehead atoms. The van der Waals surface area contributed by atoms with Crippen molar-refractivity contribution in [1.29, 1.82) is 0 Å². The molecule has 3 atom stereocenters. The topological polar surface area (TPSA) is 111 Å². The fourth-order valence-electron chi connectivity index (χ4n) is 5.11. The van der Waals surface area contributed by atoms with Crippen LogP contribution in [0.2, 0.25) is 0 Å². The van der Waals surface area contributed by atoms with Crippen molar-refractivity contribution in [3.63, 3.8) is 0 Å². The Morgan fingerprint density at radius 3 is 2.51 bits per heavy atom. The lowest BCUT2D eigenvalue weighted by Gasteiger charge is -2.35. The Balaban J connectivity index is 1.59. The van der Waals surface area contributed by atoms with E-state index in [2.05, 4.69) is 41.0 Å². The number of fused-ring (bicyclic) bond motifs is 1. The molecule has 5 rings (SSSR count). The second-order valence-electron chi connectivity index (χ2n) is 10.9. The van der Waals surface area contributed by atoms with E-state index in [4.69, 9.17) is 0 Å². The number of nitrogens with one attached hydrogen (secondary N) is 2. The first-order valence-electron chi connectivity index (χ1n) is 13.1. The molecule has 2 heterocycles. The Morgan fingerprint density at radius 2 is 1.85 bits per heavy atom. The molecule has 2 amide bonds. The van der Waals surface area contributed by atoms with Gasteiger partial charge in [-0.3, -0.25) is 19.5 Å². The molecule has 0 saturated heterocycles. The second kappa shape index (κ2) is 10.8. The van der Waals surface area contributed by atoms with Crippen molar-refractivity contribution in [3.8, 4) is 0 Å². The third kappa shape index (κ3) is 5.47. The van der Waals surface area contributed by atoms with Gasteiger partial charge in [0, 0.05) is 29.8 Å².